The van der Waals surface area contributed by atoms with Crippen molar-refractivity contribution >= 4 is 23.8 Å². The van der Waals surface area contributed by atoms with E-state index in [-0.39, 0.29) is 77.1 Å². The Balaban J connectivity index is 0.00000784. The normalized spacial score (nSPS) is 17.9. The SMILES string of the molecule is [3H]CNC(=O)CCC1(N(C)CC(=O)O)CN(CC(=O)O)CCN(CC(=O)O)C1.[V]. The van der Waals surface area contributed by atoms with Crippen molar-refractivity contribution in [1.82, 2.24) is 20.0 Å². The van der Waals surface area contributed by atoms with Gasteiger partial charge >= 0.3 is 17.9 Å². The van der Waals surface area contributed by atoms with Crippen LogP contribution in [-0.2, 0) is 37.7 Å². The number of carbonyl (C=O) groups excluding carboxylic acids is 1. The average molecular weight is 441 g/mol. The smallest absolute Gasteiger partial charge is 0.317 e. The van der Waals surface area contributed by atoms with E-state index in [1.54, 1.807) is 21.7 Å². The van der Waals surface area contributed by atoms with E-state index in [1.165, 1.54) is 0 Å². The fourth-order valence-corrected chi connectivity index (χ4v) is 3.37. The monoisotopic (exact) mass is 441 g/mol. The molecule has 1 saturated heterocycles. The Morgan fingerprint density at radius 1 is 1.04 bits per heavy atom. The summed E-state index contributed by atoms with van der Waals surface area (Å²) in [6.07, 6.45) is 0.194. The first kappa shape index (κ1) is 24.4. The molecular weight excluding hydrogens is 411 g/mol. The molecule has 1 heterocycles. The average Bonchev–Trinajstić information content (AvgIpc) is 2.72. The number of carboxylic acids is 3. The second kappa shape index (κ2) is 12.0. The third-order valence-corrected chi connectivity index (χ3v) is 4.68. The van der Waals surface area contributed by atoms with E-state index in [1.807, 2.05) is 0 Å². The second-order valence-corrected chi connectivity index (χ2v) is 6.78. The van der Waals surface area contributed by atoms with Crippen LogP contribution in [0.2, 0.25) is 0 Å². The Labute approximate surface area is 176 Å². The van der Waals surface area contributed by atoms with Crippen LogP contribution < -0.4 is 5.32 Å². The van der Waals surface area contributed by atoms with Crippen molar-refractivity contribution in [3.8, 4) is 0 Å². The number of rotatable bonds is 10. The van der Waals surface area contributed by atoms with Gasteiger partial charge in [0.25, 0.3) is 0 Å². The maximum absolute atomic E-state index is 11.9. The summed E-state index contributed by atoms with van der Waals surface area (Å²) in [6.45, 7) is 0.0654. The maximum Gasteiger partial charge on any atom is 0.317 e. The molecule has 12 heteroatoms. The molecule has 0 bridgehead atoms. The van der Waals surface area contributed by atoms with Crippen molar-refractivity contribution < 1.29 is 54.4 Å². The maximum atomic E-state index is 11.9. The number of amides is 1. The minimum absolute atomic E-state index is 0. The van der Waals surface area contributed by atoms with Crippen LogP contribution in [0.25, 0.3) is 0 Å². The Morgan fingerprint density at radius 2 is 1.54 bits per heavy atom. The molecule has 0 saturated carbocycles. The largest absolute Gasteiger partial charge is 0.480 e. The quantitative estimate of drug-likeness (QED) is 0.301. The summed E-state index contributed by atoms with van der Waals surface area (Å²) in [5.74, 6) is -3.56. The Bertz CT molecular complexity index is 570. The van der Waals surface area contributed by atoms with Gasteiger partial charge in [-0.25, -0.2) is 0 Å². The van der Waals surface area contributed by atoms with Gasteiger partial charge in [0.15, 0.2) is 0 Å². The molecule has 0 spiro atoms. The number of hydrogen-bond donors (Lipinski definition) is 4. The number of hydrogen-bond acceptors (Lipinski definition) is 7. The summed E-state index contributed by atoms with van der Waals surface area (Å²) in [6, 6.07) is 0. The van der Waals surface area contributed by atoms with E-state index in [2.05, 4.69) is 5.32 Å². The third-order valence-electron chi connectivity index (χ3n) is 4.68. The summed E-state index contributed by atoms with van der Waals surface area (Å²) < 4.78 is 7.07. The number of aliphatic carboxylic acids is 3. The van der Waals surface area contributed by atoms with E-state index in [0.29, 0.717) is 13.1 Å². The van der Waals surface area contributed by atoms with Crippen LogP contribution in [0.5, 0.6) is 0 Å². The van der Waals surface area contributed by atoms with Gasteiger partial charge in [-0.2, -0.15) is 0 Å². The van der Waals surface area contributed by atoms with Gasteiger partial charge in [0.2, 0.25) is 5.91 Å². The van der Waals surface area contributed by atoms with Gasteiger partial charge < -0.3 is 20.6 Å². The zero-order valence-electron chi connectivity index (χ0n) is 16.8. The van der Waals surface area contributed by atoms with E-state index in [4.69, 9.17) is 11.6 Å². The molecule has 159 valence electrons. The zero-order valence-corrected chi connectivity index (χ0v) is 17.2. The summed E-state index contributed by atoms with van der Waals surface area (Å²) in [5.41, 5.74) is -0.945. The molecule has 1 aliphatic heterocycles. The van der Waals surface area contributed by atoms with E-state index < -0.39 is 23.4 Å². The molecule has 0 aliphatic carbocycles. The molecule has 0 aromatic rings. The van der Waals surface area contributed by atoms with Gasteiger partial charge in [0.05, 0.1) is 19.6 Å². The minimum Gasteiger partial charge on any atom is -0.480 e. The summed E-state index contributed by atoms with van der Waals surface area (Å²) >= 11 is 0. The molecule has 0 unspecified atom stereocenters. The van der Waals surface area contributed by atoms with Crippen LogP contribution in [-0.4, -0.2) is 119 Å². The first-order valence-electron chi connectivity index (χ1n) is 9.16. The Hall–Kier alpha value is -1.66. The molecule has 1 radical (unpaired) electrons. The van der Waals surface area contributed by atoms with E-state index in [9.17, 15) is 24.3 Å². The molecule has 0 aromatic carbocycles. The van der Waals surface area contributed by atoms with Gasteiger partial charge in [0.1, 0.15) is 0 Å². The topological polar surface area (TPSA) is 151 Å². The standard InChI is InChI=1S/C16H28N4O7.V/c1-17-12(21)3-4-16(18(2)7-13(22)23)10-19(8-14(24)25)5-6-20(11-16)9-15(26)27;/h3-11H2,1-2H3,(H,17,21)(H,22,23)(H,24,25)(H,26,27);/i1T;. The number of carboxylic acid groups (broad SMARTS) is 3. The second-order valence-electron chi connectivity index (χ2n) is 6.78. The molecule has 4 N–H and O–H groups in total. The molecule has 0 aromatic heterocycles. The predicted octanol–water partition coefficient (Wildman–Crippen LogP) is -1.95. The van der Waals surface area contributed by atoms with Gasteiger partial charge in [-0.1, -0.05) is 0 Å². The van der Waals surface area contributed by atoms with E-state index >= 15 is 0 Å². The van der Waals surface area contributed by atoms with Crippen LogP contribution in [0, 0.1) is 0 Å². The Morgan fingerprint density at radius 3 is 1.93 bits per heavy atom. The van der Waals surface area contributed by atoms with Crippen LogP contribution >= 0.6 is 0 Å². The van der Waals surface area contributed by atoms with Crippen molar-refractivity contribution in [2.75, 3.05) is 59.9 Å². The van der Waals surface area contributed by atoms with Crippen molar-refractivity contribution in [2.45, 2.75) is 18.4 Å². The van der Waals surface area contributed by atoms with Gasteiger partial charge in [-0.3, -0.25) is 33.9 Å². The summed E-state index contributed by atoms with van der Waals surface area (Å²) in [4.78, 5) is 50.4. The van der Waals surface area contributed by atoms with Gasteiger partial charge in [-0.15, -0.1) is 0 Å². The van der Waals surface area contributed by atoms with Crippen LogP contribution in [0.1, 0.15) is 14.2 Å². The molecule has 0 atom stereocenters. The summed E-state index contributed by atoms with van der Waals surface area (Å²) in [7, 11) is 1.28. The summed E-state index contributed by atoms with van der Waals surface area (Å²) in [5, 5.41) is 29.9. The molecule has 1 fully saturated rings. The van der Waals surface area contributed by atoms with Crippen LogP contribution in [0.3, 0.4) is 0 Å². The first-order valence-corrected chi connectivity index (χ1v) is 8.45. The molecule has 1 aliphatic rings. The molecule has 28 heavy (non-hydrogen) atoms. The van der Waals surface area contributed by atoms with Crippen molar-refractivity contribution in [2.24, 2.45) is 0 Å². The number of carbonyl (C=O) groups is 4. The van der Waals surface area contributed by atoms with Crippen LogP contribution in [0.4, 0.5) is 0 Å². The third kappa shape index (κ3) is 8.57. The minimum atomic E-state index is -1.09. The first-order chi connectivity index (χ1) is 13.1. The number of nitrogens with zero attached hydrogens (tertiary/aromatic N) is 3. The van der Waals surface area contributed by atoms with Crippen LogP contribution in [0.15, 0.2) is 0 Å². The number of likely N-dealkylation sites (N-methyl/N-ethyl adjacent to an activating group) is 1. The number of nitrogens with one attached hydrogen (secondary N) is 1. The zero-order chi connectivity index (χ0) is 21.3. The van der Waals surface area contributed by atoms with Crippen molar-refractivity contribution in [3.63, 3.8) is 0 Å². The molecular formula is C16H28N4O7V. The van der Waals surface area contributed by atoms with Crippen molar-refractivity contribution in [1.29, 1.82) is 0 Å². The predicted molar refractivity (Wildman–Crippen MR) is 94.4 cm³/mol. The van der Waals surface area contributed by atoms with Gasteiger partial charge in [-0.05, 0) is 13.5 Å². The molecule has 11 nitrogen and oxygen atoms in total. The fourth-order valence-electron chi connectivity index (χ4n) is 3.37. The van der Waals surface area contributed by atoms with E-state index in [0.717, 1.165) is 0 Å². The van der Waals surface area contributed by atoms with Crippen molar-refractivity contribution in [3.05, 3.63) is 0 Å². The molecule has 1 amide bonds. The Kier molecular flexibility index (Phi) is 10.5. The molecule has 1 rings (SSSR count). The fraction of sp³-hybridized carbons (Fsp3) is 0.750. The van der Waals surface area contributed by atoms with Gasteiger partial charge in [0, 0.05) is 65.1 Å².